The third-order valence-corrected chi connectivity index (χ3v) is 2.70. The Morgan fingerprint density at radius 2 is 2.06 bits per heavy atom. The van der Waals surface area contributed by atoms with E-state index in [1.54, 1.807) is 0 Å². The number of hydrogen-bond donors (Lipinski definition) is 1. The van der Waals surface area contributed by atoms with Gasteiger partial charge in [-0.1, -0.05) is 37.3 Å². The molecule has 1 aromatic rings. The molecule has 0 heterocycles. The van der Waals surface area contributed by atoms with E-state index in [0.29, 0.717) is 13.1 Å². The zero-order valence-electron chi connectivity index (χ0n) is 10.3. The van der Waals surface area contributed by atoms with Crippen LogP contribution in [0.15, 0.2) is 30.3 Å². The molecule has 1 N–H and O–H groups in total. The zero-order chi connectivity index (χ0) is 12.7. The summed E-state index contributed by atoms with van der Waals surface area (Å²) in [5, 5.41) is 9.02. The van der Waals surface area contributed by atoms with Crippen LogP contribution in [-0.4, -0.2) is 42.8 Å². The molecule has 0 aliphatic carbocycles. The Bertz CT molecular complexity index is 340. The van der Waals surface area contributed by atoms with Gasteiger partial charge in [0.05, 0.1) is 13.7 Å². The maximum atomic E-state index is 11.8. The fraction of sp³-hybridized carbons (Fsp3) is 0.462. The second-order valence-electron chi connectivity index (χ2n) is 3.69. The number of methoxy groups -OCH3 is 1. The number of benzene rings is 1. The van der Waals surface area contributed by atoms with Crippen molar-refractivity contribution in [2.75, 3.05) is 26.8 Å². The summed E-state index contributed by atoms with van der Waals surface area (Å²) in [6.07, 6.45) is 0. The third-order valence-electron chi connectivity index (χ3n) is 2.70. The van der Waals surface area contributed by atoms with E-state index < -0.39 is 6.04 Å². The lowest BCUT2D eigenvalue weighted by molar-refractivity contribution is -0.147. The average molecular weight is 237 g/mol. The molecule has 0 aliphatic rings. The van der Waals surface area contributed by atoms with Crippen molar-refractivity contribution in [3.63, 3.8) is 0 Å². The first-order valence-corrected chi connectivity index (χ1v) is 5.72. The number of carbonyl (C=O) groups is 1. The highest BCUT2D eigenvalue weighted by Gasteiger charge is 2.26. The molecule has 4 heteroatoms. The van der Waals surface area contributed by atoms with Gasteiger partial charge in [0, 0.05) is 6.54 Å². The van der Waals surface area contributed by atoms with E-state index in [9.17, 15) is 4.79 Å². The Labute approximate surface area is 102 Å². The average Bonchev–Trinajstić information content (AvgIpc) is 2.39. The smallest absolute Gasteiger partial charge is 0.327 e. The summed E-state index contributed by atoms with van der Waals surface area (Å²) in [6.45, 7) is 3.10. The predicted octanol–water partition coefficient (Wildman–Crippen LogP) is 1.21. The molecule has 0 fully saturated rings. The van der Waals surface area contributed by atoms with Gasteiger partial charge in [-0.05, 0) is 12.1 Å². The van der Waals surface area contributed by atoms with Gasteiger partial charge < -0.3 is 9.84 Å². The fourth-order valence-corrected chi connectivity index (χ4v) is 1.84. The van der Waals surface area contributed by atoms with Gasteiger partial charge in [-0.3, -0.25) is 4.90 Å². The van der Waals surface area contributed by atoms with E-state index >= 15 is 0 Å². The van der Waals surface area contributed by atoms with Gasteiger partial charge >= 0.3 is 5.97 Å². The standard InChI is InChI=1S/C13H19NO3/c1-3-14(9-10-15)12(13(16)17-2)11-7-5-4-6-8-11/h4-8,12,15H,3,9-10H2,1-2H3. The lowest BCUT2D eigenvalue weighted by Crippen LogP contribution is -2.36. The van der Waals surface area contributed by atoms with Crippen LogP contribution in [0.2, 0.25) is 0 Å². The van der Waals surface area contributed by atoms with Crippen molar-refractivity contribution in [2.24, 2.45) is 0 Å². The molecule has 0 aromatic heterocycles. The Morgan fingerprint density at radius 1 is 1.41 bits per heavy atom. The van der Waals surface area contributed by atoms with Crippen molar-refractivity contribution in [2.45, 2.75) is 13.0 Å². The van der Waals surface area contributed by atoms with Crippen molar-refractivity contribution >= 4 is 5.97 Å². The van der Waals surface area contributed by atoms with Crippen LogP contribution in [0.25, 0.3) is 0 Å². The molecular weight excluding hydrogens is 218 g/mol. The van der Waals surface area contributed by atoms with Crippen LogP contribution >= 0.6 is 0 Å². The summed E-state index contributed by atoms with van der Waals surface area (Å²) in [4.78, 5) is 13.7. The van der Waals surface area contributed by atoms with E-state index in [-0.39, 0.29) is 12.6 Å². The Hall–Kier alpha value is -1.39. The maximum Gasteiger partial charge on any atom is 0.327 e. The number of nitrogens with zero attached hydrogens (tertiary/aromatic N) is 1. The molecule has 1 rings (SSSR count). The highest BCUT2D eigenvalue weighted by atomic mass is 16.5. The van der Waals surface area contributed by atoms with Gasteiger partial charge in [0.25, 0.3) is 0 Å². The quantitative estimate of drug-likeness (QED) is 0.756. The topological polar surface area (TPSA) is 49.8 Å². The Morgan fingerprint density at radius 3 is 2.53 bits per heavy atom. The molecule has 0 spiro atoms. The number of hydrogen-bond acceptors (Lipinski definition) is 4. The number of rotatable bonds is 6. The van der Waals surface area contributed by atoms with E-state index in [4.69, 9.17) is 9.84 Å². The molecule has 1 unspecified atom stereocenters. The van der Waals surface area contributed by atoms with Gasteiger partial charge in [-0.15, -0.1) is 0 Å². The third kappa shape index (κ3) is 3.54. The lowest BCUT2D eigenvalue weighted by atomic mass is 10.1. The van der Waals surface area contributed by atoms with Crippen molar-refractivity contribution in [3.8, 4) is 0 Å². The SMILES string of the molecule is CCN(CCO)C(C(=O)OC)c1ccccc1. The van der Waals surface area contributed by atoms with Gasteiger partial charge in [0.1, 0.15) is 6.04 Å². The number of carbonyl (C=O) groups excluding carboxylic acids is 1. The molecule has 1 aromatic carbocycles. The summed E-state index contributed by atoms with van der Waals surface area (Å²) in [5.74, 6) is -0.300. The first-order chi connectivity index (χ1) is 8.24. The fourth-order valence-electron chi connectivity index (χ4n) is 1.84. The first-order valence-electron chi connectivity index (χ1n) is 5.72. The van der Waals surface area contributed by atoms with Crippen LogP contribution in [0.1, 0.15) is 18.5 Å². The van der Waals surface area contributed by atoms with Crippen LogP contribution in [0.3, 0.4) is 0 Å². The van der Waals surface area contributed by atoms with Crippen LogP contribution in [0.4, 0.5) is 0 Å². The van der Waals surface area contributed by atoms with Gasteiger partial charge in [-0.25, -0.2) is 4.79 Å². The van der Waals surface area contributed by atoms with Crippen molar-refractivity contribution in [3.05, 3.63) is 35.9 Å². The molecule has 0 aliphatic heterocycles. The van der Waals surface area contributed by atoms with E-state index in [2.05, 4.69) is 0 Å². The number of aliphatic hydroxyl groups is 1. The molecule has 94 valence electrons. The van der Waals surface area contributed by atoms with E-state index in [1.807, 2.05) is 42.2 Å². The summed E-state index contributed by atoms with van der Waals surface area (Å²) in [7, 11) is 1.38. The van der Waals surface area contributed by atoms with Gasteiger partial charge in [0.2, 0.25) is 0 Å². The lowest BCUT2D eigenvalue weighted by Gasteiger charge is -2.28. The Balaban J connectivity index is 2.98. The Kier molecular flexibility index (Phi) is 5.66. The summed E-state index contributed by atoms with van der Waals surface area (Å²) in [5.41, 5.74) is 0.884. The molecule has 0 radical (unpaired) electrons. The van der Waals surface area contributed by atoms with Crippen LogP contribution < -0.4 is 0 Å². The normalized spacial score (nSPS) is 12.5. The summed E-state index contributed by atoms with van der Waals surface area (Å²) >= 11 is 0. The van der Waals surface area contributed by atoms with Gasteiger partial charge in [0.15, 0.2) is 0 Å². The minimum atomic E-state index is -0.446. The molecule has 17 heavy (non-hydrogen) atoms. The van der Waals surface area contributed by atoms with E-state index in [0.717, 1.165) is 5.56 Å². The number of likely N-dealkylation sites (N-methyl/N-ethyl adjacent to an activating group) is 1. The van der Waals surface area contributed by atoms with Crippen LogP contribution in [0.5, 0.6) is 0 Å². The summed E-state index contributed by atoms with van der Waals surface area (Å²) < 4.78 is 4.83. The number of esters is 1. The minimum absolute atomic E-state index is 0.0220. The molecule has 0 bridgehead atoms. The highest BCUT2D eigenvalue weighted by Crippen LogP contribution is 2.21. The molecule has 0 saturated heterocycles. The number of ether oxygens (including phenoxy) is 1. The van der Waals surface area contributed by atoms with Crippen molar-refractivity contribution < 1.29 is 14.6 Å². The van der Waals surface area contributed by atoms with Crippen molar-refractivity contribution in [1.82, 2.24) is 4.90 Å². The first kappa shape index (κ1) is 13.7. The van der Waals surface area contributed by atoms with Crippen molar-refractivity contribution in [1.29, 1.82) is 0 Å². The summed E-state index contributed by atoms with van der Waals surface area (Å²) in [6, 6.07) is 9.01. The highest BCUT2D eigenvalue weighted by molar-refractivity contribution is 5.77. The number of aliphatic hydroxyl groups excluding tert-OH is 1. The molecule has 1 atom stereocenters. The monoisotopic (exact) mass is 237 g/mol. The second-order valence-corrected chi connectivity index (χ2v) is 3.69. The molecule has 4 nitrogen and oxygen atoms in total. The largest absolute Gasteiger partial charge is 0.468 e. The molecule has 0 saturated carbocycles. The molecular formula is C13H19NO3. The molecule has 0 amide bonds. The predicted molar refractivity (Wildman–Crippen MR) is 65.5 cm³/mol. The van der Waals surface area contributed by atoms with Crippen LogP contribution in [-0.2, 0) is 9.53 Å². The second kappa shape index (κ2) is 7.04. The minimum Gasteiger partial charge on any atom is -0.468 e. The van der Waals surface area contributed by atoms with Gasteiger partial charge in [-0.2, -0.15) is 0 Å². The van der Waals surface area contributed by atoms with Crippen LogP contribution in [0, 0.1) is 0 Å². The van der Waals surface area contributed by atoms with E-state index in [1.165, 1.54) is 7.11 Å². The maximum absolute atomic E-state index is 11.8. The zero-order valence-corrected chi connectivity index (χ0v) is 10.3.